The van der Waals surface area contributed by atoms with Crippen molar-refractivity contribution >= 4 is 5.95 Å². The summed E-state index contributed by atoms with van der Waals surface area (Å²) >= 11 is 0. The predicted molar refractivity (Wildman–Crippen MR) is 81.3 cm³/mol. The van der Waals surface area contributed by atoms with E-state index in [9.17, 15) is 0 Å². The van der Waals surface area contributed by atoms with Crippen LogP contribution < -0.4 is 4.90 Å². The summed E-state index contributed by atoms with van der Waals surface area (Å²) in [7, 11) is 0. The van der Waals surface area contributed by atoms with Gasteiger partial charge in [-0.25, -0.2) is 9.97 Å². The number of hydrogen-bond acceptors (Lipinski definition) is 5. The summed E-state index contributed by atoms with van der Waals surface area (Å²) in [5.41, 5.74) is 0.495. The van der Waals surface area contributed by atoms with Crippen molar-refractivity contribution < 1.29 is 4.74 Å². The van der Waals surface area contributed by atoms with Crippen molar-refractivity contribution in [1.82, 2.24) is 14.9 Å². The van der Waals surface area contributed by atoms with Crippen LogP contribution in [-0.2, 0) is 4.74 Å². The van der Waals surface area contributed by atoms with E-state index in [1.54, 1.807) is 0 Å². The van der Waals surface area contributed by atoms with E-state index < -0.39 is 0 Å². The molecule has 0 N–H and O–H groups in total. The molecular weight excluding hydrogens is 264 g/mol. The molecule has 1 aromatic heterocycles. The third-order valence-corrected chi connectivity index (χ3v) is 5.55. The molecule has 1 aromatic rings. The van der Waals surface area contributed by atoms with Crippen molar-refractivity contribution in [3.8, 4) is 0 Å². The number of anilines is 1. The van der Waals surface area contributed by atoms with Crippen LogP contribution in [0.1, 0.15) is 25.7 Å². The molecule has 1 atom stereocenters. The minimum Gasteiger partial charge on any atom is -0.380 e. The van der Waals surface area contributed by atoms with Gasteiger partial charge in [-0.1, -0.05) is 0 Å². The fraction of sp³-hybridized carbons (Fsp3) is 0.750. The van der Waals surface area contributed by atoms with Crippen molar-refractivity contribution in [3.63, 3.8) is 0 Å². The van der Waals surface area contributed by atoms with Crippen molar-refractivity contribution in [2.45, 2.75) is 31.7 Å². The van der Waals surface area contributed by atoms with Gasteiger partial charge in [0.2, 0.25) is 5.95 Å². The Bertz CT molecular complexity index is 466. The maximum atomic E-state index is 5.54. The maximum absolute atomic E-state index is 5.54. The molecule has 5 heteroatoms. The monoisotopic (exact) mass is 288 g/mol. The Morgan fingerprint density at radius 1 is 1.10 bits per heavy atom. The van der Waals surface area contributed by atoms with Crippen LogP contribution in [0.4, 0.5) is 5.95 Å². The van der Waals surface area contributed by atoms with Gasteiger partial charge in [0.25, 0.3) is 0 Å². The van der Waals surface area contributed by atoms with Crippen molar-refractivity contribution in [2.24, 2.45) is 5.41 Å². The molecule has 0 radical (unpaired) electrons. The molecule has 21 heavy (non-hydrogen) atoms. The first-order valence-corrected chi connectivity index (χ1v) is 8.19. The van der Waals surface area contributed by atoms with Crippen LogP contribution in [0.5, 0.6) is 0 Å². The zero-order chi connectivity index (χ0) is 14.1. The molecule has 0 unspecified atom stereocenters. The second-order valence-electron chi connectivity index (χ2n) is 6.77. The van der Waals surface area contributed by atoms with Gasteiger partial charge in [0.15, 0.2) is 0 Å². The highest BCUT2D eigenvalue weighted by Crippen LogP contribution is 2.41. The molecule has 0 bridgehead atoms. The average molecular weight is 288 g/mol. The summed E-state index contributed by atoms with van der Waals surface area (Å²) in [4.78, 5) is 13.8. The molecule has 3 aliphatic rings. The Balaban J connectivity index is 1.37. The lowest BCUT2D eigenvalue weighted by Crippen LogP contribution is -2.46. The Morgan fingerprint density at radius 3 is 2.57 bits per heavy atom. The molecular formula is C16H24N4O. The summed E-state index contributed by atoms with van der Waals surface area (Å²) < 4.78 is 5.54. The van der Waals surface area contributed by atoms with Gasteiger partial charge >= 0.3 is 0 Å². The molecule has 3 aliphatic heterocycles. The first-order chi connectivity index (χ1) is 10.3. The van der Waals surface area contributed by atoms with E-state index in [1.165, 1.54) is 38.8 Å². The van der Waals surface area contributed by atoms with E-state index in [-0.39, 0.29) is 0 Å². The lowest BCUT2D eigenvalue weighted by Gasteiger charge is -2.41. The number of nitrogens with zero attached hydrogens (tertiary/aromatic N) is 4. The van der Waals surface area contributed by atoms with Crippen LogP contribution in [0.25, 0.3) is 0 Å². The van der Waals surface area contributed by atoms with E-state index in [1.807, 2.05) is 18.5 Å². The van der Waals surface area contributed by atoms with Crippen molar-refractivity contribution in [3.05, 3.63) is 18.5 Å². The molecule has 3 fully saturated rings. The van der Waals surface area contributed by atoms with Crippen LogP contribution in [0.15, 0.2) is 18.5 Å². The summed E-state index contributed by atoms with van der Waals surface area (Å²) in [5, 5.41) is 0. The van der Waals surface area contributed by atoms with E-state index >= 15 is 0 Å². The third kappa shape index (κ3) is 2.64. The largest absolute Gasteiger partial charge is 0.380 e. The van der Waals surface area contributed by atoms with Crippen LogP contribution >= 0.6 is 0 Å². The van der Waals surface area contributed by atoms with Gasteiger partial charge in [-0.2, -0.15) is 0 Å². The zero-order valence-electron chi connectivity index (χ0n) is 12.6. The summed E-state index contributed by atoms with van der Waals surface area (Å²) in [6.07, 6.45) is 8.82. The minimum atomic E-state index is 0.495. The summed E-state index contributed by atoms with van der Waals surface area (Å²) in [6.45, 7) is 6.60. The number of ether oxygens (including phenoxy) is 1. The molecule has 4 heterocycles. The molecule has 3 saturated heterocycles. The topological polar surface area (TPSA) is 41.5 Å². The molecule has 0 saturated carbocycles. The Kier molecular flexibility index (Phi) is 3.55. The van der Waals surface area contributed by atoms with Gasteiger partial charge in [0.1, 0.15) is 0 Å². The van der Waals surface area contributed by atoms with E-state index in [0.29, 0.717) is 11.5 Å². The second kappa shape index (κ2) is 5.54. The van der Waals surface area contributed by atoms with Crippen LogP contribution in [0.2, 0.25) is 0 Å². The molecule has 0 amide bonds. The van der Waals surface area contributed by atoms with Gasteiger partial charge in [-0.05, 0) is 50.3 Å². The fourth-order valence-electron chi connectivity index (χ4n) is 4.14. The standard InChI is InChI=1S/C16H24N4O/c1-6-17-15(18-7-1)20-10-5-16(13-20)3-8-19(9-4-16)14-2-11-21-12-14/h1,6-7,14H,2-5,8-13H2/t14-/m1/s1. The average Bonchev–Trinajstić information content (AvgIpc) is 3.20. The Labute approximate surface area is 126 Å². The molecule has 1 spiro atoms. The van der Waals surface area contributed by atoms with E-state index in [2.05, 4.69) is 19.8 Å². The third-order valence-electron chi connectivity index (χ3n) is 5.55. The SMILES string of the molecule is c1cnc(N2CCC3(CCN([C@@H]4CCOC4)CC3)C2)nc1. The highest BCUT2D eigenvalue weighted by atomic mass is 16.5. The maximum Gasteiger partial charge on any atom is 0.225 e. The number of likely N-dealkylation sites (tertiary alicyclic amines) is 1. The smallest absolute Gasteiger partial charge is 0.225 e. The Hall–Kier alpha value is -1.20. The van der Waals surface area contributed by atoms with E-state index in [4.69, 9.17) is 4.74 Å². The summed E-state index contributed by atoms with van der Waals surface area (Å²) in [6, 6.07) is 2.56. The molecule has 114 valence electrons. The molecule has 0 aromatic carbocycles. The number of aromatic nitrogens is 2. The molecule has 5 nitrogen and oxygen atoms in total. The van der Waals surface area contributed by atoms with Crippen molar-refractivity contribution in [2.75, 3.05) is 44.3 Å². The van der Waals surface area contributed by atoms with Gasteiger partial charge < -0.3 is 9.64 Å². The number of rotatable bonds is 2. The lowest BCUT2D eigenvalue weighted by molar-refractivity contribution is 0.0753. The molecule has 0 aliphatic carbocycles. The second-order valence-corrected chi connectivity index (χ2v) is 6.77. The van der Waals surface area contributed by atoms with Crippen LogP contribution in [0, 0.1) is 5.41 Å². The van der Waals surface area contributed by atoms with Gasteiger partial charge in [0.05, 0.1) is 6.61 Å². The quantitative estimate of drug-likeness (QED) is 0.826. The Morgan fingerprint density at radius 2 is 1.86 bits per heavy atom. The molecule has 4 rings (SSSR count). The normalized spacial score (nSPS) is 29.3. The highest BCUT2D eigenvalue weighted by Gasteiger charge is 2.42. The lowest BCUT2D eigenvalue weighted by atomic mass is 9.77. The van der Waals surface area contributed by atoms with Crippen LogP contribution in [-0.4, -0.2) is 60.3 Å². The highest BCUT2D eigenvalue weighted by molar-refractivity contribution is 5.31. The summed E-state index contributed by atoms with van der Waals surface area (Å²) in [5.74, 6) is 0.904. The number of hydrogen-bond donors (Lipinski definition) is 0. The zero-order valence-corrected chi connectivity index (χ0v) is 12.6. The van der Waals surface area contributed by atoms with Gasteiger partial charge in [-0.15, -0.1) is 0 Å². The van der Waals surface area contributed by atoms with Gasteiger partial charge in [0, 0.05) is 38.1 Å². The fourth-order valence-corrected chi connectivity index (χ4v) is 4.14. The van der Waals surface area contributed by atoms with Crippen molar-refractivity contribution in [1.29, 1.82) is 0 Å². The minimum absolute atomic E-state index is 0.495. The first kappa shape index (κ1) is 13.5. The number of piperidine rings is 1. The van der Waals surface area contributed by atoms with Gasteiger partial charge in [-0.3, -0.25) is 4.90 Å². The predicted octanol–water partition coefficient (Wildman–Crippen LogP) is 1.56. The van der Waals surface area contributed by atoms with E-state index in [0.717, 1.165) is 32.3 Å². The van der Waals surface area contributed by atoms with Crippen LogP contribution in [0.3, 0.4) is 0 Å². The first-order valence-electron chi connectivity index (χ1n) is 8.19.